The first-order valence-corrected chi connectivity index (χ1v) is 6.02. The molecule has 0 saturated carbocycles. The minimum Gasteiger partial charge on any atom is -0.327 e. The van der Waals surface area contributed by atoms with E-state index in [-0.39, 0.29) is 24.5 Å². The lowest BCUT2D eigenvalue weighted by molar-refractivity contribution is 0.157. The SMILES string of the molecule is CC(c1ccc(F)cc1F)N1CCCC(N)C1.Cl. The number of hydrogen-bond acceptors (Lipinski definition) is 2. The number of nitrogens with two attached hydrogens (primary N) is 1. The van der Waals surface area contributed by atoms with E-state index in [1.807, 2.05) is 6.92 Å². The number of rotatable bonds is 2. The predicted molar refractivity (Wildman–Crippen MR) is 70.8 cm³/mol. The molecule has 0 radical (unpaired) electrons. The molecule has 1 aromatic rings. The molecule has 0 spiro atoms. The molecule has 0 aliphatic carbocycles. The summed E-state index contributed by atoms with van der Waals surface area (Å²) in [6.07, 6.45) is 2.06. The lowest BCUT2D eigenvalue weighted by atomic mass is 10.0. The maximum atomic E-state index is 13.7. The van der Waals surface area contributed by atoms with Gasteiger partial charge in [0.1, 0.15) is 11.6 Å². The standard InChI is InChI=1S/C13H18F2N2.ClH/c1-9(17-6-2-3-11(16)8-17)12-5-4-10(14)7-13(12)15;/h4-5,7,9,11H,2-3,6,8,16H2,1H3;1H. The molecule has 1 saturated heterocycles. The molecule has 18 heavy (non-hydrogen) atoms. The van der Waals surface area contributed by atoms with Crippen LogP contribution in [0.1, 0.15) is 31.4 Å². The van der Waals surface area contributed by atoms with Crippen LogP contribution in [0.25, 0.3) is 0 Å². The van der Waals surface area contributed by atoms with E-state index < -0.39 is 11.6 Å². The highest BCUT2D eigenvalue weighted by atomic mass is 35.5. The van der Waals surface area contributed by atoms with Crippen LogP contribution in [0.2, 0.25) is 0 Å². The third-order valence-electron chi connectivity index (χ3n) is 3.45. The second kappa shape index (κ2) is 6.45. The van der Waals surface area contributed by atoms with Gasteiger partial charge >= 0.3 is 0 Å². The lowest BCUT2D eigenvalue weighted by Crippen LogP contribution is -2.43. The monoisotopic (exact) mass is 276 g/mol. The minimum absolute atomic E-state index is 0. The Morgan fingerprint density at radius 3 is 2.72 bits per heavy atom. The van der Waals surface area contributed by atoms with E-state index >= 15 is 0 Å². The average Bonchev–Trinajstić information content (AvgIpc) is 2.28. The average molecular weight is 277 g/mol. The fourth-order valence-electron chi connectivity index (χ4n) is 2.43. The van der Waals surface area contributed by atoms with Gasteiger partial charge in [-0.05, 0) is 32.4 Å². The fourth-order valence-corrected chi connectivity index (χ4v) is 2.43. The van der Waals surface area contributed by atoms with Crippen LogP contribution in [0.4, 0.5) is 8.78 Å². The molecule has 5 heteroatoms. The Hall–Kier alpha value is -0.710. The summed E-state index contributed by atoms with van der Waals surface area (Å²) in [5, 5.41) is 0. The van der Waals surface area contributed by atoms with Crippen LogP contribution >= 0.6 is 12.4 Å². The van der Waals surface area contributed by atoms with Crippen molar-refractivity contribution in [1.29, 1.82) is 0 Å². The summed E-state index contributed by atoms with van der Waals surface area (Å²) in [5.74, 6) is -1.01. The number of benzene rings is 1. The van der Waals surface area contributed by atoms with E-state index in [4.69, 9.17) is 5.73 Å². The van der Waals surface area contributed by atoms with E-state index in [0.717, 1.165) is 32.0 Å². The van der Waals surface area contributed by atoms with Gasteiger partial charge in [-0.3, -0.25) is 4.90 Å². The van der Waals surface area contributed by atoms with Crippen LogP contribution in [0.3, 0.4) is 0 Å². The Morgan fingerprint density at radius 2 is 2.11 bits per heavy atom. The molecule has 0 amide bonds. The maximum Gasteiger partial charge on any atom is 0.130 e. The number of halogens is 3. The van der Waals surface area contributed by atoms with E-state index in [9.17, 15) is 8.78 Å². The van der Waals surface area contributed by atoms with Crippen molar-refractivity contribution in [2.24, 2.45) is 5.73 Å². The van der Waals surface area contributed by atoms with Gasteiger partial charge < -0.3 is 5.73 Å². The molecular weight excluding hydrogens is 258 g/mol. The number of nitrogens with zero attached hydrogens (tertiary/aromatic N) is 1. The minimum atomic E-state index is -0.534. The second-order valence-electron chi connectivity index (χ2n) is 4.74. The summed E-state index contributed by atoms with van der Waals surface area (Å²) in [5.41, 5.74) is 6.45. The zero-order valence-corrected chi connectivity index (χ0v) is 11.2. The first-order chi connectivity index (χ1) is 8.08. The van der Waals surface area contributed by atoms with Crippen LogP contribution in [-0.4, -0.2) is 24.0 Å². The highest BCUT2D eigenvalue weighted by molar-refractivity contribution is 5.85. The molecule has 1 heterocycles. The molecule has 1 aliphatic rings. The molecule has 0 aromatic heterocycles. The summed E-state index contributed by atoms with van der Waals surface area (Å²) in [7, 11) is 0. The van der Waals surface area contributed by atoms with Gasteiger partial charge in [-0.15, -0.1) is 12.4 Å². The molecular formula is C13H19ClF2N2. The van der Waals surface area contributed by atoms with Crippen LogP contribution in [0, 0.1) is 11.6 Å². The molecule has 2 unspecified atom stereocenters. The Kier molecular flexibility index (Phi) is 5.50. The topological polar surface area (TPSA) is 29.3 Å². The molecule has 1 aliphatic heterocycles. The zero-order chi connectivity index (χ0) is 12.4. The van der Waals surface area contributed by atoms with Crippen molar-refractivity contribution in [2.45, 2.75) is 31.8 Å². The van der Waals surface area contributed by atoms with Gasteiger partial charge in [-0.1, -0.05) is 6.07 Å². The quantitative estimate of drug-likeness (QED) is 0.900. The van der Waals surface area contributed by atoms with Gasteiger partial charge in [0, 0.05) is 30.3 Å². The van der Waals surface area contributed by atoms with E-state index in [2.05, 4.69) is 4.90 Å². The molecule has 0 bridgehead atoms. The van der Waals surface area contributed by atoms with E-state index in [1.165, 1.54) is 12.1 Å². The molecule has 2 atom stereocenters. The van der Waals surface area contributed by atoms with Gasteiger partial charge in [0.25, 0.3) is 0 Å². The van der Waals surface area contributed by atoms with Crippen molar-refractivity contribution in [3.05, 3.63) is 35.4 Å². The molecule has 2 N–H and O–H groups in total. The first-order valence-electron chi connectivity index (χ1n) is 6.02. The van der Waals surface area contributed by atoms with Crippen LogP contribution in [0.15, 0.2) is 18.2 Å². The lowest BCUT2D eigenvalue weighted by Gasteiger charge is -2.35. The highest BCUT2D eigenvalue weighted by Crippen LogP contribution is 2.26. The summed E-state index contributed by atoms with van der Waals surface area (Å²) in [6, 6.07) is 3.88. The first kappa shape index (κ1) is 15.3. The van der Waals surface area contributed by atoms with Crippen LogP contribution < -0.4 is 5.73 Å². The third-order valence-corrected chi connectivity index (χ3v) is 3.45. The molecule has 102 valence electrons. The Bertz CT molecular complexity index is 401. The molecule has 2 rings (SSSR count). The Morgan fingerprint density at radius 1 is 1.39 bits per heavy atom. The zero-order valence-electron chi connectivity index (χ0n) is 10.4. The van der Waals surface area contributed by atoms with Crippen LogP contribution in [-0.2, 0) is 0 Å². The predicted octanol–water partition coefficient (Wildman–Crippen LogP) is 2.87. The molecule has 1 aromatic carbocycles. The highest BCUT2D eigenvalue weighted by Gasteiger charge is 2.24. The van der Waals surface area contributed by atoms with Gasteiger partial charge in [-0.25, -0.2) is 8.78 Å². The summed E-state index contributed by atoms with van der Waals surface area (Å²) in [6.45, 7) is 3.64. The largest absolute Gasteiger partial charge is 0.327 e. The van der Waals surface area contributed by atoms with Crippen molar-refractivity contribution in [1.82, 2.24) is 4.90 Å². The van der Waals surface area contributed by atoms with Crippen molar-refractivity contribution in [3.8, 4) is 0 Å². The number of piperidine rings is 1. The van der Waals surface area contributed by atoms with Crippen LogP contribution in [0.5, 0.6) is 0 Å². The molecule has 1 fully saturated rings. The molecule has 2 nitrogen and oxygen atoms in total. The van der Waals surface area contributed by atoms with Crippen molar-refractivity contribution < 1.29 is 8.78 Å². The van der Waals surface area contributed by atoms with Crippen molar-refractivity contribution >= 4 is 12.4 Å². The fraction of sp³-hybridized carbons (Fsp3) is 0.538. The van der Waals surface area contributed by atoms with Gasteiger partial charge in [0.05, 0.1) is 0 Å². The van der Waals surface area contributed by atoms with Crippen molar-refractivity contribution in [3.63, 3.8) is 0 Å². The number of hydrogen-bond donors (Lipinski definition) is 1. The summed E-state index contributed by atoms with van der Waals surface area (Å²) >= 11 is 0. The van der Waals surface area contributed by atoms with E-state index in [1.54, 1.807) is 0 Å². The van der Waals surface area contributed by atoms with E-state index in [0.29, 0.717) is 5.56 Å². The van der Waals surface area contributed by atoms with Gasteiger partial charge in [-0.2, -0.15) is 0 Å². The summed E-state index contributed by atoms with van der Waals surface area (Å²) in [4.78, 5) is 2.16. The van der Waals surface area contributed by atoms with Crippen molar-refractivity contribution in [2.75, 3.05) is 13.1 Å². The Balaban J connectivity index is 0.00000162. The third kappa shape index (κ3) is 3.40. The second-order valence-corrected chi connectivity index (χ2v) is 4.74. The smallest absolute Gasteiger partial charge is 0.130 e. The van der Waals surface area contributed by atoms with Gasteiger partial charge in [0.2, 0.25) is 0 Å². The Labute approximate surface area is 113 Å². The number of likely N-dealkylation sites (tertiary alicyclic amines) is 1. The maximum absolute atomic E-state index is 13.7. The van der Waals surface area contributed by atoms with Gasteiger partial charge in [0.15, 0.2) is 0 Å². The normalized spacial score (nSPS) is 22.3. The summed E-state index contributed by atoms with van der Waals surface area (Å²) < 4.78 is 26.5.